The van der Waals surface area contributed by atoms with Crippen molar-refractivity contribution in [2.24, 2.45) is 0 Å². The van der Waals surface area contributed by atoms with Crippen LogP contribution in [0.1, 0.15) is 18.1 Å². The molecule has 0 atom stereocenters. The largest absolute Gasteiger partial charge is 0.103 e. The van der Waals surface area contributed by atoms with Gasteiger partial charge in [0, 0.05) is 0 Å². The van der Waals surface area contributed by atoms with Gasteiger partial charge in [-0.3, -0.25) is 0 Å². The molecule has 0 aromatic heterocycles. The monoisotopic (exact) mass is 160 g/mol. The van der Waals surface area contributed by atoms with E-state index in [1.807, 2.05) is 13.0 Å². The lowest BCUT2D eigenvalue weighted by atomic mass is 10.2. The topological polar surface area (TPSA) is 0 Å². The lowest BCUT2D eigenvalue weighted by molar-refractivity contribution is 1.46. The quantitative estimate of drug-likeness (QED) is 0.548. The summed E-state index contributed by atoms with van der Waals surface area (Å²) in [6, 6.07) is 8.28. The van der Waals surface area contributed by atoms with Crippen molar-refractivity contribution in [1.29, 1.82) is 0 Å². The van der Waals surface area contributed by atoms with E-state index >= 15 is 0 Å². The predicted molar refractivity (Wildman–Crippen MR) is 57.1 cm³/mol. The predicted octanol–water partition coefficient (Wildman–Crippen LogP) is 3.83. The summed E-state index contributed by atoms with van der Waals surface area (Å²) in [6.07, 6.45) is 3.60. The molecule has 0 unspecified atom stereocenters. The number of rotatable bonds is 1. The molecule has 0 aliphatic heterocycles. The van der Waals surface area contributed by atoms with Crippen LogP contribution in [0.4, 0.5) is 0 Å². The Labute approximate surface area is 75.2 Å². The number of allylic oxidation sites excluding steroid dienone is 1. The summed E-state index contributed by atoms with van der Waals surface area (Å²) in [5.74, 6) is 0. The van der Waals surface area contributed by atoms with Crippen LogP contribution in [0.15, 0.2) is 43.5 Å². The van der Waals surface area contributed by atoms with Crippen LogP contribution in [0.5, 0.6) is 0 Å². The summed E-state index contributed by atoms with van der Waals surface area (Å²) in [6.45, 7) is 11.0. The minimum atomic E-state index is 1.18. The number of hydrogen-bond acceptors (Lipinski definition) is 0. The molecule has 1 rings (SSSR count). The van der Waals surface area contributed by atoms with Crippen molar-refractivity contribution in [3.8, 4) is 0 Å². The zero-order valence-corrected chi connectivity index (χ0v) is 7.88. The van der Waals surface area contributed by atoms with Gasteiger partial charge in [-0.25, -0.2) is 0 Å². The van der Waals surface area contributed by atoms with Gasteiger partial charge in [0.05, 0.1) is 0 Å². The molecule has 12 heavy (non-hydrogen) atoms. The molecule has 0 heteroatoms. The average Bonchev–Trinajstić information content (AvgIpc) is 2.07. The average molecular weight is 160 g/mol. The molecule has 0 spiro atoms. The summed E-state index contributed by atoms with van der Waals surface area (Å²) >= 11 is 0. The molecule has 64 valence electrons. The van der Waals surface area contributed by atoms with Crippen molar-refractivity contribution in [3.63, 3.8) is 0 Å². The minimum absolute atomic E-state index is 1.18. The van der Waals surface area contributed by atoms with Crippen molar-refractivity contribution in [1.82, 2.24) is 0 Å². The van der Waals surface area contributed by atoms with Gasteiger partial charge < -0.3 is 0 Å². The van der Waals surface area contributed by atoms with E-state index in [2.05, 4.69) is 44.3 Å². The molecule has 0 N–H and O–H groups in total. The molecule has 0 radical (unpaired) electrons. The zero-order chi connectivity index (χ0) is 9.40. The SMILES string of the molecule is C=CC.C=Cc1ccc(C)cc1. The Morgan fingerprint density at radius 2 is 1.50 bits per heavy atom. The highest BCUT2D eigenvalue weighted by Crippen LogP contribution is 2.02. The van der Waals surface area contributed by atoms with Gasteiger partial charge in [-0.2, -0.15) is 0 Å². The van der Waals surface area contributed by atoms with Crippen molar-refractivity contribution >= 4 is 6.08 Å². The number of aryl methyl sites for hydroxylation is 1. The van der Waals surface area contributed by atoms with E-state index < -0.39 is 0 Å². The lowest BCUT2D eigenvalue weighted by Crippen LogP contribution is -1.71. The Morgan fingerprint density at radius 3 is 1.83 bits per heavy atom. The molecular formula is C12H16. The molecule has 0 saturated carbocycles. The van der Waals surface area contributed by atoms with E-state index in [0.29, 0.717) is 0 Å². The van der Waals surface area contributed by atoms with Crippen LogP contribution >= 0.6 is 0 Å². The first-order valence-electron chi connectivity index (χ1n) is 4.00. The third-order valence-electron chi connectivity index (χ3n) is 1.31. The van der Waals surface area contributed by atoms with Crippen LogP contribution in [0, 0.1) is 6.92 Å². The van der Waals surface area contributed by atoms with Crippen molar-refractivity contribution in [2.75, 3.05) is 0 Å². The number of hydrogen-bond donors (Lipinski definition) is 0. The van der Waals surface area contributed by atoms with Crippen LogP contribution < -0.4 is 0 Å². The molecule has 0 bridgehead atoms. The Kier molecular flexibility index (Phi) is 5.72. The first-order valence-corrected chi connectivity index (χ1v) is 4.00. The maximum atomic E-state index is 3.66. The smallest absolute Gasteiger partial charge is 0.0262 e. The van der Waals surface area contributed by atoms with Gasteiger partial charge in [0.15, 0.2) is 0 Å². The number of benzene rings is 1. The van der Waals surface area contributed by atoms with Gasteiger partial charge in [-0.15, -0.1) is 6.58 Å². The highest BCUT2D eigenvalue weighted by Gasteiger charge is 1.82. The Morgan fingerprint density at radius 1 is 1.08 bits per heavy atom. The van der Waals surface area contributed by atoms with E-state index in [-0.39, 0.29) is 0 Å². The fourth-order valence-electron chi connectivity index (χ4n) is 0.703. The van der Waals surface area contributed by atoms with Gasteiger partial charge in [-0.05, 0) is 19.4 Å². The van der Waals surface area contributed by atoms with E-state index in [9.17, 15) is 0 Å². The maximum Gasteiger partial charge on any atom is -0.0262 e. The van der Waals surface area contributed by atoms with Crippen molar-refractivity contribution in [3.05, 3.63) is 54.6 Å². The fourth-order valence-corrected chi connectivity index (χ4v) is 0.703. The van der Waals surface area contributed by atoms with E-state index in [1.165, 1.54) is 11.1 Å². The Balaban J connectivity index is 0.000000354. The standard InChI is InChI=1S/C9H10.C3H6/c1-3-9-6-4-8(2)5-7-9;1-3-2/h3-7H,1H2,2H3;3H,1H2,2H3. The lowest BCUT2D eigenvalue weighted by Gasteiger charge is -1.91. The van der Waals surface area contributed by atoms with Crippen LogP contribution in [0.3, 0.4) is 0 Å². The third-order valence-corrected chi connectivity index (χ3v) is 1.31. The molecule has 0 fully saturated rings. The minimum Gasteiger partial charge on any atom is -0.103 e. The van der Waals surface area contributed by atoms with E-state index in [0.717, 1.165) is 0 Å². The van der Waals surface area contributed by atoms with Crippen LogP contribution in [-0.4, -0.2) is 0 Å². The summed E-state index contributed by atoms with van der Waals surface area (Å²) < 4.78 is 0. The third kappa shape index (κ3) is 4.51. The second-order valence-electron chi connectivity index (χ2n) is 2.52. The van der Waals surface area contributed by atoms with Crippen LogP contribution in [-0.2, 0) is 0 Å². The molecule has 1 aromatic rings. The summed E-state index contributed by atoms with van der Waals surface area (Å²) in [4.78, 5) is 0. The molecule has 0 amide bonds. The maximum absolute atomic E-state index is 3.66. The second kappa shape index (κ2) is 6.41. The van der Waals surface area contributed by atoms with Crippen molar-refractivity contribution in [2.45, 2.75) is 13.8 Å². The van der Waals surface area contributed by atoms with Crippen molar-refractivity contribution < 1.29 is 0 Å². The summed E-state index contributed by atoms with van der Waals surface area (Å²) in [5.41, 5.74) is 2.47. The molecule has 0 heterocycles. The molecule has 1 aromatic carbocycles. The van der Waals surface area contributed by atoms with E-state index in [4.69, 9.17) is 0 Å². The van der Waals surface area contributed by atoms with Crippen LogP contribution in [0.25, 0.3) is 6.08 Å². The first kappa shape index (κ1) is 10.7. The molecular weight excluding hydrogens is 144 g/mol. The highest BCUT2D eigenvalue weighted by atomic mass is 13.9. The highest BCUT2D eigenvalue weighted by molar-refractivity contribution is 5.46. The summed E-state index contributed by atoms with van der Waals surface area (Å²) in [7, 11) is 0. The van der Waals surface area contributed by atoms with E-state index in [1.54, 1.807) is 6.08 Å². The molecule has 0 aliphatic rings. The normalized spacial score (nSPS) is 7.83. The molecule has 0 aliphatic carbocycles. The summed E-state index contributed by atoms with van der Waals surface area (Å²) in [5, 5.41) is 0. The molecule has 0 saturated heterocycles. The van der Waals surface area contributed by atoms with Crippen LogP contribution in [0.2, 0.25) is 0 Å². The molecule has 0 nitrogen and oxygen atoms in total. The van der Waals surface area contributed by atoms with Gasteiger partial charge in [0.1, 0.15) is 0 Å². The zero-order valence-electron chi connectivity index (χ0n) is 7.88. The fraction of sp³-hybridized carbons (Fsp3) is 0.167. The second-order valence-corrected chi connectivity index (χ2v) is 2.52. The van der Waals surface area contributed by atoms with Gasteiger partial charge in [-0.1, -0.05) is 48.6 Å². The first-order chi connectivity index (χ1) is 5.74. The van der Waals surface area contributed by atoms with Gasteiger partial charge in [0.25, 0.3) is 0 Å². The Hall–Kier alpha value is -1.30. The van der Waals surface area contributed by atoms with Gasteiger partial charge >= 0.3 is 0 Å². The Bertz CT molecular complexity index is 229. The van der Waals surface area contributed by atoms with Gasteiger partial charge in [0.2, 0.25) is 0 Å².